The number of hydrogen-bond acceptors (Lipinski definition) is 4. The van der Waals surface area contributed by atoms with Crippen molar-refractivity contribution in [3.8, 4) is 5.75 Å². The molecule has 1 atom stereocenters. The smallest absolute Gasteiger partial charge is 0.374 e. The molecule has 0 spiro atoms. The minimum atomic E-state index is -1.23. The second-order valence-electron chi connectivity index (χ2n) is 3.97. The molecular formula is C10H9NO5. The molecule has 0 aromatic carbocycles. The van der Waals surface area contributed by atoms with Gasteiger partial charge in [-0.05, 0) is 12.8 Å². The van der Waals surface area contributed by atoms with Gasteiger partial charge >= 0.3 is 5.97 Å². The van der Waals surface area contributed by atoms with E-state index in [1.54, 1.807) is 0 Å². The molecule has 0 saturated heterocycles. The molecule has 1 aromatic heterocycles. The Balaban J connectivity index is 1.95. The van der Waals surface area contributed by atoms with Crippen LogP contribution in [0.2, 0.25) is 0 Å². The van der Waals surface area contributed by atoms with Crippen molar-refractivity contribution in [3.05, 3.63) is 12.0 Å². The topological polar surface area (TPSA) is 88.8 Å². The number of carboxylic acid groups (broad SMARTS) is 1. The molecule has 1 saturated carbocycles. The Kier molecular flexibility index (Phi) is 1.74. The van der Waals surface area contributed by atoms with Crippen LogP contribution in [-0.2, 0) is 4.79 Å². The van der Waals surface area contributed by atoms with Crippen molar-refractivity contribution in [1.82, 2.24) is 0 Å². The molecule has 6 nitrogen and oxygen atoms in total. The first-order chi connectivity index (χ1) is 7.66. The highest BCUT2D eigenvalue weighted by atomic mass is 16.5. The summed E-state index contributed by atoms with van der Waals surface area (Å²) >= 11 is 0. The van der Waals surface area contributed by atoms with Crippen molar-refractivity contribution in [2.45, 2.75) is 18.9 Å². The number of ether oxygens (including phenoxy) is 1. The molecule has 2 aliphatic rings. The van der Waals surface area contributed by atoms with Crippen LogP contribution in [0, 0.1) is 5.92 Å². The van der Waals surface area contributed by atoms with E-state index < -0.39 is 12.1 Å². The largest absolute Gasteiger partial charge is 0.475 e. The fraction of sp³-hybridized carbons (Fsp3) is 0.400. The minimum Gasteiger partial charge on any atom is -0.475 e. The summed E-state index contributed by atoms with van der Waals surface area (Å²) in [5.41, 5.74) is 0.120. The zero-order valence-corrected chi connectivity index (χ0v) is 8.23. The predicted molar refractivity (Wildman–Crippen MR) is 51.4 cm³/mol. The second-order valence-corrected chi connectivity index (χ2v) is 3.97. The van der Waals surface area contributed by atoms with Crippen molar-refractivity contribution in [3.63, 3.8) is 0 Å². The van der Waals surface area contributed by atoms with E-state index in [2.05, 4.69) is 5.32 Å². The standard InChI is InChI=1S/C10H9NO5/c12-9-7(4-1-2-4)16-5-3-15-8(10(13)14)6(5)11-9/h3-4,7H,1-2H2,(H,11,12)(H,13,14). The van der Waals surface area contributed by atoms with Crippen molar-refractivity contribution < 1.29 is 23.8 Å². The molecule has 1 unspecified atom stereocenters. The summed E-state index contributed by atoms with van der Waals surface area (Å²) in [5.74, 6) is -1.27. The van der Waals surface area contributed by atoms with Crippen LogP contribution >= 0.6 is 0 Å². The maximum Gasteiger partial charge on any atom is 0.374 e. The Morgan fingerprint density at radius 1 is 1.50 bits per heavy atom. The van der Waals surface area contributed by atoms with Gasteiger partial charge in [-0.2, -0.15) is 0 Å². The summed E-state index contributed by atoms with van der Waals surface area (Å²) in [6.07, 6.45) is 2.65. The number of fused-ring (bicyclic) bond motifs is 1. The van der Waals surface area contributed by atoms with Gasteiger partial charge < -0.3 is 19.6 Å². The summed E-state index contributed by atoms with van der Waals surface area (Å²) in [4.78, 5) is 22.4. The van der Waals surface area contributed by atoms with Crippen molar-refractivity contribution in [1.29, 1.82) is 0 Å². The van der Waals surface area contributed by atoms with E-state index in [9.17, 15) is 9.59 Å². The molecule has 3 rings (SSSR count). The van der Waals surface area contributed by atoms with Crippen molar-refractivity contribution >= 4 is 17.6 Å². The SMILES string of the molecule is O=C(O)c1occ2c1NC(=O)C(C1CC1)O2. The number of rotatable bonds is 2. The molecule has 0 radical (unpaired) electrons. The minimum absolute atomic E-state index is 0.120. The summed E-state index contributed by atoms with van der Waals surface area (Å²) in [7, 11) is 0. The first-order valence-corrected chi connectivity index (χ1v) is 4.99. The average molecular weight is 223 g/mol. The van der Waals surface area contributed by atoms with Crippen molar-refractivity contribution in [2.24, 2.45) is 5.92 Å². The maximum absolute atomic E-state index is 11.6. The van der Waals surface area contributed by atoms with Gasteiger partial charge in [0.1, 0.15) is 12.0 Å². The van der Waals surface area contributed by atoms with Crippen LogP contribution < -0.4 is 10.1 Å². The number of furan rings is 1. The van der Waals surface area contributed by atoms with E-state index in [-0.39, 0.29) is 23.3 Å². The Bertz CT molecular complexity index is 474. The Labute approximate surface area is 90.2 Å². The van der Waals surface area contributed by atoms with Gasteiger partial charge in [0.25, 0.3) is 5.91 Å². The third-order valence-corrected chi connectivity index (χ3v) is 2.76. The van der Waals surface area contributed by atoms with Gasteiger partial charge in [0, 0.05) is 5.92 Å². The Morgan fingerprint density at radius 3 is 2.88 bits per heavy atom. The summed E-state index contributed by atoms with van der Waals surface area (Å²) in [5, 5.41) is 11.3. The van der Waals surface area contributed by atoms with Gasteiger partial charge in [-0.3, -0.25) is 4.79 Å². The highest BCUT2D eigenvalue weighted by Gasteiger charge is 2.42. The molecule has 1 aliphatic carbocycles. The predicted octanol–water partition coefficient (Wildman–Crippen LogP) is 1.09. The van der Waals surface area contributed by atoms with E-state index in [1.165, 1.54) is 6.26 Å². The highest BCUT2D eigenvalue weighted by molar-refractivity contribution is 6.04. The van der Waals surface area contributed by atoms with Crippen LogP contribution in [0.5, 0.6) is 5.75 Å². The van der Waals surface area contributed by atoms with E-state index in [1.807, 2.05) is 0 Å². The number of nitrogens with one attached hydrogen (secondary N) is 1. The number of carbonyl (C=O) groups is 2. The molecule has 16 heavy (non-hydrogen) atoms. The van der Waals surface area contributed by atoms with E-state index >= 15 is 0 Å². The maximum atomic E-state index is 11.6. The van der Waals surface area contributed by atoms with Crippen LogP contribution in [0.1, 0.15) is 23.4 Å². The molecule has 84 valence electrons. The number of aromatic carboxylic acids is 1. The normalized spacial score (nSPS) is 23.2. The molecule has 1 amide bonds. The van der Waals surface area contributed by atoms with Gasteiger partial charge in [0.15, 0.2) is 11.9 Å². The van der Waals surface area contributed by atoms with E-state index in [0.29, 0.717) is 5.75 Å². The fourth-order valence-corrected chi connectivity index (χ4v) is 1.80. The summed E-state index contributed by atoms with van der Waals surface area (Å²) in [6.45, 7) is 0. The molecule has 6 heteroatoms. The zero-order chi connectivity index (χ0) is 11.3. The zero-order valence-electron chi connectivity index (χ0n) is 8.23. The number of carboxylic acids is 1. The molecule has 2 heterocycles. The molecule has 0 bridgehead atoms. The molecule has 1 fully saturated rings. The van der Waals surface area contributed by atoms with Gasteiger partial charge in [-0.25, -0.2) is 4.79 Å². The number of amides is 1. The monoisotopic (exact) mass is 223 g/mol. The quantitative estimate of drug-likeness (QED) is 0.783. The van der Waals surface area contributed by atoms with Crippen LogP contribution in [0.15, 0.2) is 10.7 Å². The van der Waals surface area contributed by atoms with E-state index in [0.717, 1.165) is 12.8 Å². The van der Waals surface area contributed by atoms with Crippen molar-refractivity contribution in [2.75, 3.05) is 5.32 Å². The third kappa shape index (κ3) is 1.26. The molecule has 1 aromatic rings. The first kappa shape index (κ1) is 9.26. The Hall–Kier alpha value is -1.98. The highest BCUT2D eigenvalue weighted by Crippen LogP contribution is 2.41. The van der Waals surface area contributed by atoms with Crippen LogP contribution in [-0.4, -0.2) is 23.1 Å². The van der Waals surface area contributed by atoms with Crippen LogP contribution in [0.25, 0.3) is 0 Å². The lowest BCUT2D eigenvalue weighted by Crippen LogP contribution is -2.38. The van der Waals surface area contributed by atoms with Gasteiger partial charge in [0.2, 0.25) is 5.76 Å². The van der Waals surface area contributed by atoms with E-state index in [4.69, 9.17) is 14.3 Å². The molecule has 1 aliphatic heterocycles. The number of anilines is 1. The first-order valence-electron chi connectivity index (χ1n) is 4.99. The van der Waals surface area contributed by atoms with Crippen LogP contribution in [0.3, 0.4) is 0 Å². The third-order valence-electron chi connectivity index (χ3n) is 2.76. The fourth-order valence-electron chi connectivity index (χ4n) is 1.80. The van der Waals surface area contributed by atoms with Gasteiger partial charge in [0.05, 0.1) is 0 Å². The summed E-state index contributed by atoms with van der Waals surface area (Å²) in [6, 6.07) is 0. The lowest BCUT2D eigenvalue weighted by Gasteiger charge is -2.22. The second kappa shape index (κ2) is 3.01. The average Bonchev–Trinajstić information content (AvgIpc) is 2.98. The molecule has 2 N–H and O–H groups in total. The summed E-state index contributed by atoms with van der Waals surface area (Å²) < 4.78 is 10.3. The van der Waals surface area contributed by atoms with Crippen LogP contribution in [0.4, 0.5) is 5.69 Å². The Morgan fingerprint density at radius 2 is 2.25 bits per heavy atom. The number of carbonyl (C=O) groups excluding carboxylic acids is 1. The van der Waals surface area contributed by atoms with Gasteiger partial charge in [-0.15, -0.1) is 0 Å². The van der Waals surface area contributed by atoms with Gasteiger partial charge in [-0.1, -0.05) is 0 Å². The number of hydrogen-bond donors (Lipinski definition) is 2. The lowest BCUT2D eigenvalue weighted by molar-refractivity contribution is -0.124. The lowest BCUT2D eigenvalue weighted by atomic mass is 10.2. The molecular weight excluding hydrogens is 214 g/mol.